The highest BCUT2D eigenvalue weighted by molar-refractivity contribution is 6.20. The summed E-state index contributed by atoms with van der Waals surface area (Å²) in [5.41, 5.74) is 18.7. The third-order valence-corrected chi connectivity index (χ3v) is 5.04. The van der Waals surface area contributed by atoms with Crippen LogP contribution in [0.1, 0.15) is 11.1 Å². The minimum absolute atomic E-state index is 0.00730. The average molecular weight is 429 g/mol. The standard InChI is InChI=1S/C20H21ClN6O3/c21-20-17(25-27-23)19(29-13-15-9-5-2-6-10-15)18(16(30-20)11-24-26-22)28-12-14-7-3-1-4-8-14/h1-10,16-20H,11-13H2/t16-,17-,18-,19-,20+/m1/s1. The van der Waals surface area contributed by atoms with Gasteiger partial charge in [0.25, 0.3) is 0 Å². The summed E-state index contributed by atoms with van der Waals surface area (Å²) in [4.78, 5) is 5.70. The molecule has 156 valence electrons. The van der Waals surface area contributed by atoms with E-state index in [9.17, 15) is 0 Å². The lowest BCUT2D eigenvalue weighted by atomic mass is 9.97. The first-order valence-corrected chi connectivity index (χ1v) is 9.82. The van der Waals surface area contributed by atoms with Crippen LogP contribution in [0.2, 0.25) is 0 Å². The number of rotatable bonds is 9. The monoisotopic (exact) mass is 428 g/mol. The molecule has 0 amide bonds. The summed E-state index contributed by atoms with van der Waals surface area (Å²) in [5.74, 6) is 0. The summed E-state index contributed by atoms with van der Waals surface area (Å²) >= 11 is 6.34. The molecule has 3 rings (SSSR count). The fraction of sp³-hybridized carbons (Fsp3) is 0.400. The van der Waals surface area contributed by atoms with Gasteiger partial charge in [-0.2, -0.15) is 0 Å². The Bertz CT molecular complexity index is 890. The zero-order valence-corrected chi connectivity index (χ0v) is 16.8. The van der Waals surface area contributed by atoms with Crippen LogP contribution in [-0.4, -0.2) is 36.5 Å². The molecular formula is C20H21ClN6O3. The Morgan fingerprint density at radius 3 is 1.97 bits per heavy atom. The van der Waals surface area contributed by atoms with E-state index in [2.05, 4.69) is 20.1 Å². The van der Waals surface area contributed by atoms with E-state index in [0.717, 1.165) is 11.1 Å². The summed E-state index contributed by atoms with van der Waals surface area (Å²) < 4.78 is 18.0. The van der Waals surface area contributed by atoms with Gasteiger partial charge in [0, 0.05) is 9.82 Å². The van der Waals surface area contributed by atoms with Crippen LogP contribution < -0.4 is 0 Å². The van der Waals surface area contributed by atoms with Gasteiger partial charge in [0.05, 0.1) is 32.0 Å². The van der Waals surface area contributed by atoms with Gasteiger partial charge in [0.1, 0.15) is 17.7 Å². The number of ether oxygens (including phenoxy) is 3. The Morgan fingerprint density at radius 1 is 0.867 bits per heavy atom. The molecule has 0 N–H and O–H groups in total. The first-order valence-electron chi connectivity index (χ1n) is 9.38. The van der Waals surface area contributed by atoms with Crippen molar-refractivity contribution >= 4 is 11.6 Å². The highest BCUT2D eigenvalue weighted by atomic mass is 35.5. The van der Waals surface area contributed by atoms with Gasteiger partial charge in [0.15, 0.2) is 0 Å². The van der Waals surface area contributed by atoms with Crippen LogP contribution in [0.4, 0.5) is 0 Å². The molecule has 2 aromatic carbocycles. The molecule has 30 heavy (non-hydrogen) atoms. The Balaban J connectivity index is 1.84. The predicted molar refractivity (Wildman–Crippen MR) is 111 cm³/mol. The zero-order valence-electron chi connectivity index (χ0n) is 16.1. The maximum absolute atomic E-state index is 9.02. The Kier molecular flexibility index (Phi) is 8.35. The number of nitrogens with zero attached hydrogens (tertiary/aromatic N) is 6. The molecule has 2 aromatic rings. The second-order valence-electron chi connectivity index (χ2n) is 6.66. The number of halogens is 1. The lowest BCUT2D eigenvalue weighted by Crippen LogP contribution is -2.58. The second kappa shape index (κ2) is 11.4. The van der Waals surface area contributed by atoms with Crippen LogP contribution in [-0.2, 0) is 27.4 Å². The molecule has 1 heterocycles. The fourth-order valence-corrected chi connectivity index (χ4v) is 3.58. The van der Waals surface area contributed by atoms with Crippen molar-refractivity contribution in [1.82, 2.24) is 0 Å². The number of alkyl halides is 1. The quantitative estimate of drug-likeness (QED) is 0.238. The van der Waals surface area contributed by atoms with Gasteiger partial charge in [-0.25, -0.2) is 0 Å². The van der Waals surface area contributed by atoms with E-state index in [-0.39, 0.29) is 19.8 Å². The Labute approximate surface area is 178 Å². The molecule has 0 bridgehead atoms. The molecule has 1 saturated heterocycles. The maximum atomic E-state index is 9.02. The predicted octanol–water partition coefficient (Wildman–Crippen LogP) is 5.11. The van der Waals surface area contributed by atoms with Crippen molar-refractivity contribution in [3.05, 3.63) is 92.7 Å². The van der Waals surface area contributed by atoms with Crippen molar-refractivity contribution in [2.24, 2.45) is 10.2 Å². The summed E-state index contributed by atoms with van der Waals surface area (Å²) in [7, 11) is 0. The van der Waals surface area contributed by atoms with E-state index in [1.54, 1.807) is 0 Å². The van der Waals surface area contributed by atoms with E-state index in [1.807, 2.05) is 60.7 Å². The minimum Gasteiger partial charge on any atom is -0.370 e. The number of azide groups is 2. The molecule has 1 fully saturated rings. The van der Waals surface area contributed by atoms with Crippen molar-refractivity contribution in [3.8, 4) is 0 Å². The lowest BCUT2D eigenvalue weighted by Gasteiger charge is -2.42. The van der Waals surface area contributed by atoms with Crippen molar-refractivity contribution in [2.45, 2.75) is 43.1 Å². The summed E-state index contributed by atoms with van der Waals surface area (Å²) in [6.07, 6.45) is -2.01. The van der Waals surface area contributed by atoms with Crippen molar-refractivity contribution in [3.63, 3.8) is 0 Å². The molecule has 0 saturated carbocycles. The van der Waals surface area contributed by atoms with E-state index < -0.39 is 29.9 Å². The molecule has 10 heteroatoms. The summed E-state index contributed by atoms with van der Waals surface area (Å²) in [6, 6.07) is 18.4. The van der Waals surface area contributed by atoms with Gasteiger partial charge in [-0.05, 0) is 22.2 Å². The minimum atomic E-state index is -0.947. The molecule has 0 radical (unpaired) electrons. The number of benzene rings is 2. The molecule has 0 unspecified atom stereocenters. The van der Waals surface area contributed by atoms with Crippen LogP contribution in [0, 0.1) is 0 Å². The zero-order chi connectivity index (χ0) is 21.2. The smallest absolute Gasteiger partial charge is 0.142 e. The highest BCUT2D eigenvalue weighted by Crippen LogP contribution is 2.31. The van der Waals surface area contributed by atoms with Gasteiger partial charge in [-0.3, -0.25) is 0 Å². The van der Waals surface area contributed by atoms with Gasteiger partial charge in [0.2, 0.25) is 0 Å². The molecule has 5 atom stereocenters. The van der Waals surface area contributed by atoms with Crippen LogP contribution in [0.3, 0.4) is 0 Å². The number of hydrogen-bond donors (Lipinski definition) is 0. The van der Waals surface area contributed by atoms with Gasteiger partial charge in [-0.15, -0.1) is 0 Å². The summed E-state index contributed by atoms with van der Waals surface area (Å²) in [5, 5.41) is 7.41. The molecule has 0 spiro atoms. The third-order valence-electron chi connectivity index (χ3n) is 4.68. The molecular weight excluding hydrogens is 408 g/mol. The fourth-order valence-electron chi connectivity index (χ4n) is 3.25. The van der Waals surface area contributed by atoms with E-state index in [4.69, 9.17) is 36.9 Å². The van der Waals surface area contributed by atoms with E-state index >= 15 is 0 Å². The van der Waals surface area contributed by atoms with E-state index in [0.29, 0.717) is 0 Å². The molecule has 1 aliphatic rings. The summed E-state index contributed by atoms with van der Waals surface area (Å²) in [6.45, 7) is 0.558. The van der Waals surface area contributed by atoms with Crippen molar-refractivity contribution in [1.29, 1.82) is 0 Å². The maximum Gasteiger partial charge on any atom is 0.142 e. The Morgan fingerprint density at radius 2 is 1.43 bits per heavy atom. The van der Waals surface area contributed by atoms with E-state index in [1.165, 1.54) is 0 Å². The van der Waals surface area contributed by atoms with Crippen LogP contribution in [0.25, 0.3) is 20.9 Å². The highest BCUT2D eigenvalue weighted by Gasteiger charge is 2.46. The molecule has 0 aliphatic carbocycles. The Hall–Kier alpha value is -2.77. The SMILES string of the molecule is [N-]=[N+]=NC[C@H]1O[C@H](Cl)[C@H](N=[N+]=[N-])[C@@H](OCc2ccccc2)[C@@H]1OCc1ccccc1. The molecule has 9 nitrogen and oxygen atoms in total. The first-order chi connectivity index (χ1) is 14.7. The van der Waals surface area contributed by atoms with Crippen LogP contribution in [0.5, 0.6) is 0 Å². The topological polar surface area (TPSA) is 125 Å². The lowest BCUT2D eigenvalue weighted by molar-refractivity contribution is -0.197. The van der Waals surface area contributed by atoms with Crippen molar-refractivity contribution in [2.75, 3.05) is 6.54 Å². The van der Waals surface area contributed by atoms with Crippen molar-refractivity contribution < 1.29 is 14.2 Å². The molecule has 1 aliphatic heterocycles. The third kappa shape index (κ3) is 5.87. The second-order valence-corrected chi connectivity index (χ2v) is 7.09. The van der Waals surface area contributed by atoms with Gasteiger partial charge >= 0.3 is 0 Å². The largest absolute Gasteiger partial charge is 0.370 e. The molecule has 0 aromatic heterocycles. The average Bonchev–Trinajstić information content (AvgIpc) is 2.78. The normalized spacial score (nSPS) is 25.7. The first kappa shape index (κ1) is 21.9. The van der Waals surface area contributed by atoms with Gasteiger partial charge in [-0.1, -0.05) is 82.5 Å². The van der Waals surface area contributed by atoms with Crippen LogP contribution >= 0.6 is 11.6 Å². The number of hydrogen-bond acceptors (Lipinski definition) is 5. The van der Waals surface area contributed by atoms with Crippen LogP contribution in [0.15, 0.2) is 70.9 Å². The van der Waals surface area contributed by atoms with Gasteiger partial charge < -0.3 is 14.2 Å².